The van der Waals surface area contributed by atoms with E-state index < -0.39 is 0 Å². The van der Waals surface area contributed by atoms with E-state index in [1.54, 1.807) is 0 Å². The molecule has 2 rings (SSSR count). The van der Waals surface area contributed by atoms with Crippen molar-refractivity contribution in [2.75, 3.05) is 11.5 Å². The summed E-state index contributed by atoms with van der Waals surface area (Å²) in [4.78, 5) is 2.01. The summed E-state index contributed by atoms with van der Waals surface area (Å²) in [5, 5.41) is 0.512. The van der Waals surface area contributed by atoms with Crippen LogP contribution in [0.25, 0.3) is 0 Å². The van der Waals surface area contributed by atoms with Gasteiger partial charge >= 0.3 is 0 Å². The first-order chi connectivity index (χ1) is 9.31. The van der Waals surface area contributed by atoms with E-state index in [-0.39, 0.29) is 0 Å². The summed E-state index contributed by atoms with van der Waals surface area (Å²) >= 11 is 5.36. The lowest BCUT2D eigenvalue weighted by Gasteiger charge is -2.24. The second-order valence-corrected chi connectivity index (χ2v) is 4.46. The summed E-state index contributed by atoms with van der Waals surface area (Å²) in [7, 11) is 0. The molecule has 0 bridgehead atoms. The highest BCUT2D eigenvalue weighted by Gasteiger charge is 2.13. The Hall–Kier alpha value is -1.87. The third kappa shape index (κ3) is 3.80. The van der Waals surface area contributed by atoms with Gasteiger partial charge in [0.25, 0.3) is 5.17 Å². The first kappa shape index (κ1) is 13.6. The van der Waals surface area contributed by atoms with Crippen molar-refractivity contribution >= 4 is 23.1 Å². The van der Waals surface area contributed by atoms with Gasteiger partial charge in [0.05, 0.1) is 13.2 Å². The zero-order chi connectivity index (χ0) is 13.5. The Labute approximate surface area is 119 Å². The molecule has 0 saturated heterocycles. The topological polar surface area (TPSA) is 12.5 Å². The molecule has 0 unspecified atom stereocenters. The Morgan fingerprint density at radius 2 is 1.58 bits per heavy atom. The van der Waals surface area contributed by atoms with Gasteiger partial charge in [-0.15, -0.1) is 0 Å². The van der Waals surface area contributed by atoms with E-state index in [2.05, 4.69) is 12.1 Å². The predicted octanol–water partition coefficient (Wildman–Crippen LogP) is 4.01. The molecule has 0 aliphatic carbocycles. The lowest BCUT2D eigenvalue weighted by molar-refractivity contribution is 0.327. The summed E-state index contributed by atoms with van der Waals surface area (Å²) in [6, 6.07) is 20.3. The molecule has 0 aromatic heterocycles. The maximum atomic E-state index is 5.49. The van der Waals surface area contributed by atoms with Crippen molar-refractivity contribution in [2.45, 2.75) is 13.5 Å². The quantitative estimate of drug-likeness (QED) is 0.779. The maximum Gasteiger partial charge on any atom is 0.264 e. The van der Waals surface area contributed by atoms with Gasteiger partial charge in [-0.3, -0.25) is 4.90 Å². The second kappa shape index (κ2) is 6.90. The van der Waals surface area contributed by atoms with Gasteiger partial charge in [0.1, 0.15) is 0 Å². The first-order valence-electron chi connectivity index (χ1n) is 6.34. The first-order valence-corrected chi connectivity index (χ1v) is 6.75. The smallest absolute Gasteiger partial charge is 0.264 e. The molecule has 0 fully saturated rings. The van der Waals surface area contributed by atoms with E-state index in [1.165, 1.54) is 5.56 Å². The van der Waals surface area contributed by atoms with Crippen LogP contribution in [0.1, 0.15) is 12.5 Å². The van der Waals surface area contributed by atoms with Crippen LogP contribution < -0.4 is 4.90 Å². The molecular formula is C16H17NOS. The van der Waals surface area contributed by atoms with Crippen LogP contribution in [-0.2, 0) is 11.3 Å². The van der Waals surface area contributed by atoms with Crippen molar-refractivity contribution in [3.05, 3.63) is 66.2 Å². The number of benzene rings is 2. The van der Waals surface area contributed by atoms with E-state index in [0.29, 0.717) is 18.3 Å². The average Bonchev–Trinajstić information content (AvgIpc) is 2.47. The van der Waals surface area contributed by atoms with E-state index in [9.17, 15) is 0 Å². The number of nitrogens with zero attached hydrogens (tertiary/aromatic N) is 1. The summed E-state index contributed by atoms with van der Waals surface area (Å²) in [6.07, 6.45) is 0. The molecule has 2 aromatic carbocycles. The van der Waals surface area contributed by atoms with Crippen molar-refractivity contribution < 1.29 is 4.74 Å². The predicted molar refractivity (Wildman–Crippen MR) is 83.3 cm³/mol. The van der Waals surface area contributed by atoms with Crippen molar-refractivity contribution in [3.8, 4) is 0 Å². The number of hydrogen-bond acceptors (Lipinski definition) is 2. The lowest BCUT2D eigenvalue weighted by Crippen LogP contribution is -2.30. The third-order valence-corrected chi connectivity index (χ3v) is 3.08. The number of ether oxygens (including phenoxy) is 1. The van der Waals surface area contributed by atoms with Gasteiger partial charge in [0.2, 0.25) is 0 Å². The molecule has 98 valence electrons. The second-order valence-electron chi connectivity index (χ2n) is 4.11. The molecule has 0 saturated carbocycles. The molecule has 0 aliphatic rings. The average molecular weight is 271 g/mol. The largest absolute Gasteiger partial charge is 0.471 e. The Balaban J connectivity index is 2.22. The van der Waals surface area contributed by atoms with Crippen molar-refractivity contribution in [3.63, 3.8) is 0 Å². The molecule has 0 N–H and O–H groups in total. The van der Waals surface area contributed by atoms with Gasteiger partial charge in [-0.2, -0.15) is 0 Å². The number of hydrogen-bond donors (Lipinski definition) is 0. The minimum absolute atomic E-state index is 0.512. The molecule has 2 nitrogen and oxygen atoms in total. The number of thiocarbonyl (C=S) groups is 1. The van der Waals surface area contributed by atoms with E-state index in [1.807, 2.05) is 60.4 Å². The molecular weight excluding hydrogens is 254 g/mol. The standard InChI is InChI=1S/C16H17NOS/c1-2-18-16(19)17(15-11-7-4-8-12-15)13-14-9-5-3-6-10-14/h3-12H,2,13H2,1H3. The van der Waals surface area contributed by atoms with Crippen molar-refractivity contribution in [1.82, 2.24) is 0 Å². The minimum Gasteiger partial charge on any atom is -0.471 e. The van der Waals surface area contributed by atoms with Gasteiger partial charge in [-0.05, 0) is 36.8 Å². The van der Waals surface area contributed by atoms with E-state index >= 15 is 0 Å². The molecule has 0 aliphatic heterocycles. The number of rotatable bonds is 4. The zero-order valence-corrected chi connectivity index (χ0v) is 11.8. The zero-order valence-electron chi connectivity index (χ0n) is 11.0. The highest BCUT2D eigenvalue weighted by molar-refractivity contribution is 7.80. The van der Waals surface area contributed by atoms with Crippen LogP contribution in [0.2, 0.25) is 0 Å². The van der Waals surface area contributed by atoms with Crippen LogP contribution in [0.3, 0.4) is 0 Å². The summed E-state index contributed by atoms with van der Waals surface area (Å²) in [5.41, 5.74) is 2.25. The van der Waals surface area contributed by atoms with Gasteiger partial charge in [0.15, 0.2) is 0 Å². The molecule has 19 heavy (non-hydrogen) atoms. The summed E-state index contributed by atoms with van der Waals surface area (Å²) in [5.74, 6) is 0. The van der Waals surface area contributed by atoms with Crippen LogP contribution in [-0.4, -0.2) is 11.8 Å². The molecule has 0 heterocycles. The fourth-order valence-electron chi connectivity index (χ4n) is 1.84. The monoisotopic (exact) mass is 271 g/mol. The molecule has 2 aromatic rings. The molecule has 0 radical (unpaired) electrons. The molecule has 0 spiro atoms. The molecule has 0 atom stereocenters. The van der Waals surface area contributed by atoms with Gasteiger partial charge in [-0.1, -0.05) is 48.5 Å². The fraction of sp³-hybridized carbons (Fsp3) is 0.188. The number of para-hydroxylation sites is 1. The molecule has 3 heteroatoms. The van der Waals surface area contributed by atoms with E-state index in [0.717, 1.165) is 5.69 Å². The Morgan fingerprint density at radius 3 is 2.16 bits per heavy atom. The van der Waals surface area contributed by atoms with Gasteiger partial charge in [-0.25, -0.2) is 0 Å². The van der Waals surface area contributed by atoms with Crippen LogP contribution in [0, 0.1) is 0 Å². The molecule has 0 amide bonds. The minimum atomic E-state index is 0.512. The Morgan fingerprint density at radius 1 is 1.00 bits per heavy atom. The fourth-order valence-corrected chi connectivity index (χ4v) is 2.12. The Kier molecular flexibility index (Phi) is 4.93. The van der Waals surface area contributed by atoms with Crippen LogP contribution in [0.5, 0.6) is 0 Å². The lowest BCUT2D eigenvalue weighted by atomic mass is 10.2. The van der Waals surface area contributed by atoms with Crippen LogP contribution in [0.4, 0.5) is 5.69 Å². The van der Waals surface area contributed by atoms with Gasteiger partial charge in [0, 0.05) is 5.69 Å². The van der Waals surface area contributed by atoms with Crippen LogP contribution in [0.15, 0.2) is 60.7 Å². The van der Waals surface area contributed by atoms with E-state index in [4.69, 9.17) is 17.0 Å². The highest BCUT2D eigenvalue weighted by atomic mass is 32.1. The summed E-state index contributed by atoms with van der Waals surface area (Å²) < 4.78 is 5.49. The normalized spacial score (nSPS) is 9.95. The SMILES string of the molecule is CCOC(=S)N(Cc1ccccc1)c1ccccc1. The highest BCUT2D eigenvalue weighted by Crippen LogP contribution is 2.18. The maximum absolute atomic E-state index is 5.49. The summed E-state index contributed by atoms with van der Waals surface area (Å²) in [6.45, 7) is 3.23. The van der Waals surface area contributed by atoms with Crippen molar-refractivity contribution in [1.29, 1.82) is 0 Å². The van der Waals surface area contributed by atoms with Crippen molar-refractivity contribution in [2.24, 2.45) is 0 Å². The van der Waals surface area contributed by atoms with Gasteiger partial charge < -0.3 is 4.74 Å². The number of anilines is 1. The Bertz CT molecular complexity index is 513. The van der Waals surface area contributed by atoms with Crippen LogP contribution >= 0.6 is 12.2 Å². The third-order valence-electron chi connectivity index (χ3n) is 2.74.